The molecule has 2 aliphatic carbocycles. The molecule has 2 aliphatic rings. The van der Waals surface area contributed by atoms with E-state index in [0.717, 1.165) is 24.1 Å². The van der Waals surface area contributed by atoms with Crippen molar-refractivity contribution in [2.75, 3.05) is 0 Å². The zero-order chi connectivity index (χ0) is 16.4. The third-order valence-corrected chi connectivity index (χ3v) is 4.93. The molecule has 0 saturated heterocycles. The molecule has 0 amide bonds. The normalized spacial score (nSPS) is 26.4. The second-order valence-electron chi connectivity index (χ2n) is 6.62. The summed E-state index contributed by atoms with van der Waals surface area (Å²) < 4.78 is 0. The number of nitrogens with two attached hydrogens (primary N) is 1. The van der Waals surface area contributed by atoms with Gasteiger partial charge in [-0.2, -0.15) is 0 Å². The highest BCUT2D eigenvalue weighted by atomic mass is 16.4. The standard InChI is InChI=1S/C10H11NO.C10H13N/c1-7-6-8-4-2-3-5-9(8)10(7)11-12;1-7-6-10(11)9-5-3-2-4-8(7)9/h2-5,7,12H,6H2,1H3;2-5,7,10H,6,11H2,1H3. The highest BCUT2D eigenvalue weighted by Gasteiger charge is 2.25. The van der Waals surface area contributed by atoms with Gasteiger partial charge in [0.1, 0.15) is 0 Å². The van der Waals surface area contributed by atoms with Crippen molar-refractivity contribution in [2.24, 2.45) is 16.8 Å². The van der Waals surface area contributed by atoms with Gasteiger partial charge in [0.2, 0.25) is 0 Å². The summed E-state index contributed by atoms with van der Waals surface area (Å²) in [5, 5.41) is 12.1. The highest BCUT2D eigenvalue weighted by Crippen LogP contribution is 2.37. The van der Waals surface area contributed by atoms with Gasteiger partial charge in [0.05, 0.1) is 5.71 Å². The molecule has 0 heterocycles. The van der Waals surface area contributed by atoms with E-state index in [0.29, 0.717) is 11.8 Å². The van der Waals surface area contributed by atoms with E-state index in [1.54, 1.807) is 0 Å². The van der Waals surface area contributed by atoms with Crippen molar-refractivity contribution >= 4 is 5.71 Å². The molecule has 0 radical (unpaired) electrons. The van der Waals surface area contributed by atoms with Gasteiger partial charge in [-0.25, -0.2) is 0 Å². The van der Waals surface area contributed by atoms with Gasteiger partial charge in [-0.15, -0.1) is 0 Å². The molecule has 0 saturated carbocycles. The Hall–Kier alpha value is -2.13. The first-order chi connectivity index (χ1) is 11.1. The lowest BCUT2D eigenvalue weighted by Crippen LogP contribution is -2.05. The molecule has 3 nitrogen and oxygen atoms in total. The first kappa shape index (κ1) is 15.8. The number of nitrogens with zero attached hydrogens (tertiary/aromatic N) is 1. The van der Waals surface area contributed by atoms with Crippen molar-refractivity contribution in [3.8, 4) is 0 Å². The van der Waals surface area contributed by atoms with Gasteiger partial charge < -0.3 is 10.9 Å². The number of hydrogen-bond acceptors (Lipinski definition) is 3. The molecular formula is C20H24N2O. The van der Waals surface area contributed by atoms with E-state index in [9.17, 15) is 0 Å². The van der Waals surface area contributed by atoms with Crippen LogP contribution in [0.15, 0.2) is 53.7 Å². The van der Waals surface area contributed by atoms with E-state index < -0.39 is 0 Å². The van der Waals surface area contributed by atoms with Crippen LogP contribution in [0.25, 0.3) is 0 Å². The predicted octanol–water partition coefficient (Wildman–Crippen LogP) is 4.25. The maximum atomic E-state index is 8.77. The maximum absolute atomic E-state index is 8.77. The SMILES string of the molecule is CC1CC(N)c2ccccc21.CC1Cc2ccccc2C1=NO. The first-order valence-corrected chi connectivity index (χ1v) is 8.26. The summed E-state index contributed by atoms with van der Waals surface area (Å²) in [6.45, 7) is 4.32. The Labute approximate surface area is 137 Å². The van der Waals surface area contributed by atoms with Crippen LogP contribution >= 0.6 is 0 Å². The number of rotatable bonds is 0. The molecule has 3 unspecified atom stereocenters. The minimum Gasteiger partial charge on any atom is -0.411 e. The molecule has 120 valence electrons. The van der Waals surface area contributed by atoms with E-state index in [2.05, 4.69) is 49.3 Å². The van der Waals surface area contributed by atoms with Gasteiger partial charge >= 0.3 is 0 Å². The van der Waals surface area contributed by atoms with Crippen LogP contribution in [0, 0.1) is 5.92 Å². The van der Waals surface area contributed by atoms with E-state index in [-0.39, 0.29) is 6.04 Å². The van der Waals surface area contributed by atoms with Gasteiger partial charge in [0.25, 0.3) is 0 Å². The maximum Gasteiger partial charge on any atom is 0.0901 e. The van der Waals surface area contributed by atoms with Crippen molar-refractivity contribution < 1.29 is 5.21 Å². The third-order valence-electron chi connectivity index (χ3n) is 4.93. The fourth-order valence-corrected chi connectivity index (χ4v) is 3.72. The van der Waals surface area contributed by atoms with Gasteiger partial charge in [-0.05, 0) is 35.4 Å². The van der Waals surface area contributed by atoms with E-state index in [1.165, 1.54) is 16.7 Å². The monoisotopic (exact) mass is 308 g/mol. The van der Waals surface area contributed by atoms with E-state index in [4.69, 9.17) is 10.9 Å². The Balaban J connectivity index is 0.000000136. The summed E-state index contributed by atoms with van der Waals surface area (Å²) >= 11 is 0. The second-order valence-corrected chi connectivity index (χ2v) is 6.62. The molecule has 23 heavy (non-hydrogen) atoms. The van der Waals surface area contributed by atoms with Crippen LogP contribution in [-0.4, -0.2) is 10.9 Å². The van der Waals surface area contributed by atoms with Crippen molar-refractivity contribution in [1.82, 2.24) is 0 Å². The number of benzene rings is 2. The van der Waals surface area contributed by atoms with Gasteiger partial charge in [-0.1, -0.05) is 67.5 Å². The number of hydrogen-bond donors (Lipinski definition) is 2. The smallest absolute Gasteiger partial charge is 0.0901 e. The number of fused-ring (bicyclic) bond motifs is 2. The van der Waals surface area contributed by atoms with Crippen molar-refractivity contribution in [2.45, 2.75) is 38.6 Å². The third kappa shape index (κ3) is 3.02. The quantitative estimate of drug-likeness (QED) is 0.564. The lowest BCUT2D eigenvalue weighted by molar-refractivity contribution is 0.316. The molecule has 0 bridgehead atoms. The van der Waals surface area contributed by atoms with E-state index >= 15 is 0 Å². The van der Waals surface area contributed by atoms with Crippen LogP contribution in [0.3, 0.4) is 0 Å². The highest BCUT2D eigenvalue weighted by molar-refractivity contribution is 6.05. The second kappa shape index (κ2) is 6.55. The average molecular weight is 308 g/mol. The number of oxime groups is 1. The van der Waals surface area contributed by atoms with Crippen LogP contribution in [0.4, 0.5) is 0 Å². The minimum atomic E-state index is 0.279. The fraction of sp³-hybridized carbons (Fsp3) is 0.350. The molecule has 3 heteroatoms. The first-order valence-electron chi connectivity index (χ1n) is 8.26. The van der Waals surface area contributed by atoms with E-state index in [1.807, 2.05) is 18.2 Å². The topological polar surface area (TPSA) is 58.6 Å². The molecule has 4 rings (SSSR count). The lowest BCUT2D eigenvalue weighted by atomic mass is 10.0. The summed E-state index contributed by atoms with van der Waals surface area (Å²) in [5.41, 5.74) is 11.9. The van der Waals surface area contributed by atoms with Gasteiger partial charge in [-0.3, -0.25) is 0 Å². The molecule has 0 spiro atoms. The molecule has 3 N–H and O–H groups in total. The Morgan fingerprint density at radius 1 is 0.957 bits per heavy atom. The summed E-state index contributed by atoms with van der Waals surface area (Å²) in [4.78, 5) is 0. The lowest BCUT2D eigenvalue weighted by Gasteiger charge is -2.02. The average Bonchev–Trinajstić information content (AvgIpc) is 3.04. The Bertz CT molecular complexity index is 696. The van der Waals surface area contributed by atoms with Crippen LogP contribution in [0.5, 0.6) is 0 Å². The van der Waals surface area contributed by atoms with Crippen LogP contribution in [-0.2, 0) is 6.42 Å². The largest absolute Gasteiger partial charge is 0.411 e. The molecule has 3 atom stereocenters. The summed E-state index contributed by atoms with van der Waals surface area (Å²) in [7, 11) is 0. The van der Waals surface area contributed by atoms with Crippen molar-refractivity contribution in [3.05, 3.63) is 70.8 Å². The van der Waals surface area contributed by atoms with Crippen molar-refractivity contribution in [1.29, 1.82) is 0 Å². The zero-order valence-electron chi connectivity index (χ0n) is 13.7. The van der Waals surface area contributed by atoms with Crippen LogP contribution < -0.4 is 5.73 Å². The predicted molar refractivity (Wildman–Crippen MR) is 94.0 cm³/mol. The van der Waals surface area contributed by atoms with Crippen LogP contribution in [0.1, 0.15) is 54.5 Å². The molecular weight excluding hydrogens is 284 g/mol. The summed E-state index contributed by atoms with van der Waals surface area (Å²) in [5.74, 6) is 1.01. The Morgan fingerprint density at radius 3 is 2.30 bits per heavy atom. The minimum absolute atomic E-state index is 0.279. The van der Waals surface area contributed by atoms with Gasteiger partial charge in [0, 0.05) is 17.5 Å². The summed E-state index contributed by atoms with van der Waals surface area (Å²) in [6.07, 6.45) is 2.11. The molecule has 2 aromatic carbocycles. The molecule has 0 aromatic heterocycles. The van der Waals surface area contributed by atoms with Crippen molar-refractivity contribution in [3.63, 3.8) is 0 Å². The molecule has 0 fully saturated rings. The van der Waals surface area contributed by atoms with Crippen LogP contribution in [0.2, 0.25) is 0 Å². The zero-order valence-corrected chi connectivity index (χ0v) is 13.7. The molecule has 2 aromatic rings. The Kier molecular flexibility index (Phi) is 4.49. The Morgan fingerprint density at radius 2 is 1.61 bits per heavy atom. The summed E-state index contributed by atoms with van der Waals surface area (Å²) in [6, 6.07) is 16.9. The van der Waals surface area contributed by atoms with Gasteiger partial charge in [0.15, 0.2) is 0 Å². The molecule has 0 aliphatic heterocycles. The fourth-order valence-electron chi connectivity index (χ4n) is 3.72.